The molecule has 1 amide bonds. The van der Waals surface area contributed by atoms with E-state index in [0.29, 0.717) is 18.7 Å². The smallest absolute Gasteiger partial charge is 0.326 e. The summed E-state index contributed by atoms with van der Waals surface area (Å²) in [6, 6.07) is 2.96. The number of aliphatic carboxylic acids is 1. The highest BCUT2D eigenvalue weighted by molar-refractivity contribution is 5.95. The van der Waals surface area contributed by atoms with E-state index in [2.05, 4.69) is 0 Å². The van der Waals surface area contributed by atoms with Gasteiger partial charge < -0.3 is 19.5 Å². The van der Waals surface area contributed by atoms with Crippen LogP contribution in [0.4, 0.5) is 0 Å². The summed E-state index contributed by atoms with van der Waals surface area (Å²) in [5, 5.41) is 9.40. The molecule has 2 heterocycles. The summed E-state index contributed by atoms with van der Waals surface area (Å²) in [6.45, 7) is 0.476. The molecule has 6 heteroatoms. The van der Waals surface area contributed by atoms with E-state index in [1.165, 1.54) is 4.90 Å². The second-order valence-corrected chi connectivity index (χ2v) is 5.50. The minimum absolute atomic E-state index is 0.202. The van der Waals surface area contributed by atoms with Crippen molar-refractivity contribution >= 4 is 11.9 Å². The second kappa shape index (κ2) is 5.66. The number of carbonyl (C=O) groups excluding carboxylic acids is 1. The predicted molar refractivity (Wildman–Crippen MR) is 74.6 cm³/mol. The summed E-state index contributed by atoms with van der Waals surface area (Å²) in [4.78, 5) is 27.5. The maximum atomic E-state index is 12.5. The fourth-order valence-electron chi connectivity index (χ4n) is 2.72. The summed E-state index contributed by atoms with van der Waals surface area (Å²) in [6.07, 6.45) is 3.06. The van der Waals surface area contributed by atoms with E-state index in [-0.39, 0.29) is 11.9 Å². The van der Waals surface area contributed by atoms with Crippen LogP contribution < -0.4 is 0 Å². The maximum absolute atomic E-state index is 12.5. The molecule has 0 spiro atoms. The van der Waals surface area contributed by atoms with Crippen molar-refractivity contribution in [1.29, 1.82) is 0 Å². The Bertz CT molecular complexity index is 510. The number of aromatic nitrogens is 1. The highest BCUT2D eigenvalue weighted by Gasteiger charge is 2.37. The predicted octanol–water partition coefficient (Wildman–Crippen LogP) is 0.644. The fourth-order valence-corrected chi connectivity index (χ4v) is 2.72. The van der Waals surface area contributed by atoms with Crippen LogP contribution >= 0.6 is 0 Å². The third kappa shape index (κ3) is 2.70. The zero-order valence-corrected chi connectivity index (χ0v) is 12.1. The summed E-state index contributed by atoms with van der Waals surface area (Å²) >= 11 is 0. The van der Waals surface area contributed by atoms with Crippen molar-refractivity contribution in [3.05, 3.63) is 24.0 Å². The SMILES string of the molecule is CN(C)[C@H]1CCN(C(=O)c2cccn2C)[C@H](C(=O)O)C1. The molecular weight excluding hydrogens is 258 g/mol. The van der Waals surface area contributed by atoms with Gasteiger partial charge in [0.25, 0.3) is 5.91 Å². The Balaban J connectivity index is 2.20. The van der Waals surface area contributed by atoms with E-state index in [9.17, 15) is 14.7 Å². The number of aryl methyl sites for hydroxylation is 1. The molecule has 0 aromatic carbocycles. The van der Waals surface area contributed by atoms with Gasteiger partial charge in [-0.15, -0.1) is 0 Å². The van der Waals surface area contributed by atoms with E-state index in [4.69, 9.17) is 0 Å². The van der Waals surface area contributed by atoms with Crippen molar-refractivity contribution in [3.8, 4) is 0 Å². The lowest BCUT2D eigenvalue weighted by Crippen LogP contribution is -2.54. The first kappa shape index (κ1) is 14.6. The number of amides is 1. The Morgan fingerprint density at radius 1 is 1.40 bits per heavy atom. The lowest BCUT2D eigenvalue weighted by Gasteiger charge is -2.39. The van der Waals surface area contributed by atoms with Crippen LogP contribution in [0.25, 0.3) is 0 Å². The van der Waals surface area contributed by atoms with Gasteiger partial charge in [-0.1, -0.05) is 0 Å². The Hall–Kier alpha value is -1.82. The number of hydrogen-bond donors (Lipinski definition) is 1. The van der Waals surface area contributed by atoms with Crippen LogP contribution in [0.5, 0.6) is 0 Å². The van der Waals surface area contributed by atoms with Crippen LogP contribution in [0.1, 0.15) is 23.3 Å². The Kier molecular flexibility index (Phi) is 4.13. The standard InChI is InChI=1S/C14H21N3O3/c1-15(2)10-6-8-17(12(9-10)14(19)20)13(18)11-5-4-7-16(11)3/h4-5,7,10,12H,6,8-9H2,1-3H3,(H,19,20)/t10-,12-/m0/s1. The largest absolute Gasteiger partial charge is 0.480 e. The molecule has 1 aromatic rings. The van der Waals surface area contributed by atoms with Gasteiger partial charge in [0.2, 0.25) is 0 Å². The van der Waals surface area contributed by atoms with Crippen LogP contribution in [0.15, 0.2) is 18.3 Å². The maximum Gasteiger partial charge on any atom is 0.326 e. The van der Waals surface area contributed by atoms with Crippen molar-refractivity contribution in [2.24, 2.45) is 7.05 Å². The van der Waals surface area contributed by atoms with Crippen LogP contribution in [-0.4, -0.2) is 64.1 Å². The van der Waals surface area contributed by atoms with E-state index in [0.717, 1.165) is 6.42 Å². The first-order valence-corrected chi connectivity index (χ1v) is 6.73. The number of carbonyl (C=O) groups is 2. The molecule has 1 N–H and O–H groups in total. The topological polar surface area (TPSA) is 65.8 Å². The van der Waals surface area contributed by atoms with Crippen LogP contribution in [0, 0.1) is 0 Å². The quantitative estimate of drug-likeness (QED) is 0.882. The van der Waals surface area contributed by atoms with Gasteiger partial charge >= 0.3 is 5.97 Å². The van der Waals surface area contributed by atoms with E-state index in [1.807, 2.05) is 19.0 Å². The molecule has 6 nitrogen and oxygen atoms in total. The molecule has 1 aliphatic heterocycles. The number of hydrogen-bond acceptors (Lipinski definition) is 3. The summed E-state index contributed by atoms with van der Waals surface area (Å²) in [5.74, 6) is -1.14. The van der Waals surface area contributed by atoms with Gasteiger partial charge in [-0.25, -0.2) is 4.79 Å². The van der Waals surface area contributed by atoms with E-state index < -0.39 is 12.0 Å². The summed E-state index contributed by atoms with van der Waals surface area (Å²) in [7, 11) is 5.67. The summed E-state index contributed by atoms with van der Waals surface area (Å²) in [5.41, 5.74) is 0.527. The zero-order chi connectivity index (χ0) is 14.9. The summed E-state index contributed by atoms with van der Waals surface area (Å²) < 4.78 is 1.72. The monoisotopic (exact) mass is 279 g/mol. The van der Waals surface area contributed by atoms with Crippen molar-refractivity contribution < 1.29 is 14.7 Å². The molecular formula is C14H21N3O3. The Morgan fingerprint density at radius 2 is 2.10 bits per heavy atom. The van der Waals surface area contributed by atoms with Gasteiger partial charge in [0, 0.05) is 25.8 Å². The number of piperidine rings is 1. The number of carboxylic acids is 1. The van der Waals surface area contributed by atoms with Crippen molar-refractivity contribution in [2.75, 3.05) is 20.6 Å². The molecule has 2 atom stereocenters. The Morgan fingerprint density at radius 3 is 2.60 bits per heavy atom. The second-order valence-electron chi connectivity index (χ2n) is 5.50. The molecule has 1 aromatic heterocycles. The van der Waals surface area contributed by atoms with Gasteiger partial charge in [-0.2, -0.15) is 0 Å². The van der Waals surface area contributed by atoms with Crippen LogP contribution in [0.3, 0.4) is 0 Å². The molecule has 1 saturated heterocycles. The lowest BCUT2D eigenvalue weighted by atomic mass is 9.96. The Labute approximate surface area is 118 Å². The molecule has 0 bridgehead atoms. The van der Waals surface area contributed by atoms with Gasteiger partial charge in [0.05, 0.1) is 0 Å². The molecule has 2 rings (SSSR count). The molecule has 1 aliphatic rings. The first-order chi connectivity index (χ1) is 9.41. The van der Waals surface area contributed by atoms with Crippen LogP contribution in [-0.2, 0) is 11.8 Å². The third-order valence-corrected chi connectivity index (χ3v) is 4.01. The number of likely N-dealkylation sites (tertiary alicyclic amines) is 1. The molecule has 0 radical (unpaired) electrons. The average molecular weight is 279 g/mol. The molecule has 1 fully saturated rings. The van der Waals surface area contributed by atoms with Gasteiger partial charge in [0.15, 0.2) is 0 Å². The lowest BCUT2D eigenvalue weighted by molar-refractivity contribution is -0.144. The van der Waals surface area contributed by atoms with E-state index >= 15 is 0 Å². The third-order valence-electron chi connectivity index (χ3n) is 4.01. The molecule has 0 unspecified atom stereocenters. The minimum Gasteiger partial charge on any atom is -0.480 e. The van der Waals surface area contributed by atoms with E-state index in [1.54, 1.807) is 29.9 Å². The molecule has 0 aliphatic carbocycles. The van der Waals surface area contributed by atoms with Crippen molar-refractivity contribution in [1.82, 2.24) is 14.4 Å². The average Bonchev–Trinajstić information content (AvgIpc) is 2.83. The zero-order valence-electron chi connectivity index (χ0n) is 12.1. The fraction of sp³-hybridized carbons (Fsp3) is 0.571. The highest BCUT2D eigenvalue weighted by atomic mass is 16.4. The highest BCUT2D eigenvalue weighted by Crippen LogP contribution is 2.23. The van der Waals surface area contributed by atoms with Gasteiger partial charge in [0.1, 0.15) is 11.7 Å². The van der Waals surface area contributed by atoms with Gasteiger partial charge in [-0.3, -0.25) is 4.79 Å². The number of carboxylic acid groups (broad SMARTS) is 1. The number of nitrogens with zero attached hydrogens (tertiary/aromatic N) is 3. The number of rotatable bonds is 3. The molecule has 110 valence electrons. The minimum atomic E-state index is -0.931. The van der Waals surface area contributed by atoms with Crippen LogP contribution in [0.2, 0.25) is 0 Å². The molecule has 0 saturated carbocycles. The molecule has 20 heavy (non-hydrogen) atoms. The van der Waals surface area contributed by atoms with Crippen molar-refractivity contribution in [3.63, 3.8) is 0 Å². The van der Waals surface area contributed by atoms with Crippen molar-refractivity contribution in [2.45, 2.75) is 24.9 Å². The van der Waals surface area contributed by atoms with Gasteiger partial charge in [-0.05, 0) is 39.1 Å². The first-order valence-electron chi connectivity index (χ1n) is 6.73. The normalized spacial score (nSPS) is 23.1.